The number of hydrogen-bond donors (Lipinski definition) is 0. The van der Waals surface area contributed by atoms with Crippen LogP contribution in [0.3, 0.4) is 0 Å². The molecule has 0 fully saturated rings. The smallest absolute Gasteiger partial charge is 0.344 e. The van der Waals surface area contributed by atoms with E-state index in [1.54, 1.807) is 0 Å². The number of thiophene rings is 1. The molecule has 0 amide bonds. The van der Waals surface area contributed by atoms with Crippen molar-refractivity contribution in [1.29, 1.82) is 0 Å². The fourth-order valence-electron chi connectivity index (χ4n) is 25.8. The highest BCUT2D eigenvalue weighted by Gasteiger charge is 2.54. The van der Waals surface area contributed by atoms with Crippen molar-refractivity contribution < 1.29 is 13.3 Å². The highest BCUT2D eigenvalue weighted by Crippen LogP contribution is 2.66. The summed E-state index contributed by atoms with van der Waals surface area (Å²) in [5.74, 6) is 0. The third-order valence-corrected chi connectivity index (χ3v) is 33.1. The van der Waals surface area contributed by atoms with E-state index in [1.807, 2.05) is 108 Å². The largest absolute Gasteiger partial charge is 0.422 e. The molecule has 0 atom stereocenters. The maximum Gasteiger partial charge on any atom is 0.344 e. The summed E-state index contributed by atoms with van der Waals surface area (Å²) < 4.78 is 26.9. The second-order valence-corrected chi connectivity index (χ2v) is 40.3. The molecule has 4 aliphatic rings. The monoisotopic (exact) mass is 1890 g/mol. The highest BCUT2D eigenvalue weighted by molar-refractivity contribution is 7.25. The Labute approximate surface area is 843 Å². The van der Waals surface area contributed by atoms with E-state index >= 15 is 0 Å². The number of para-hydroxylation sites is 6. The molecule has 10 heteroatoms. The Morgan fingerprint density at radius 1 is 0.177 bits per heavy atom. The van der Waals surface area contributed by atoms with Crippen LogP contribution in [0.1, 0.15) is 44.5 Å². The van der Waals surface area contributed by atoms with E-state index in [2.05, 4.69) is 396 Å². The Bertz CT molecular complexity index is 10900. The molecule has 9 nitrogen and oxygen atoms in total. The number of rotatable bonds is 6. The molecule has 4 aliphatic carbocycles. The van der Waals surface area contributed by atoms with Gasteiger partial charge in [-0.15, -0.1) is 11.3 Å². The zero-order valence-electron chi connectivity index (χ0n) is 78.8. The highest BCUT2D eigenvalue weighted by atomic mass is 32.1. The Morgan fingerprint density at radius 3 is 0.891 bits per heavy atom. The summed E-state index contributed by atoms with van der Waals surface area (Å²) in [5, 5.41) is 17.0. The van der Waals surface area contributed by atoms with E-state index in [0.717, 1.165) is 110 Å². The third-order valence-electron chi connectivity index (χ3n) is 32.0. The van der Waals surface area contributed by atoms with Gasteiger partial charge in [-0.2, -0.15) is 0 Å². The summed E-state index contributed by atoms with van der Waals surface area (Å²) in [6.45, 7) is 0. The number of aromatic nitrogens is 3. The first kappa shape index (κ1) is 82.6. The fraction of sp³-hybridized carbons (Fsp3) is 0.0146. The summed E-state index contributed by atoms with van der Waals surface area (Å²) in [6, 6.07) is 171. The molecule has 7 aromatic heterocycles. The number of hydrogen-bond acceptors (Lipinski definition) is 7. The average molecular weight is 1900 g/mol. The van der Waals surface area contributed by atoms with Crippen LogP contribution in [0.15, 0.2) is 507 Å². The zero-order valence-corrected chi connectivity index (χ0v) is 79.6. The minimum Gasteiger partial charge on any atom is -0.422 e. The Balaban J connectivity index is 0.000000101. The summed E-state index contributed by atoms with van der Waals surface area (Å²) >= 11 is 1.84. The summed E-state index contributed by atoms with van der Waals surface area (Å²) in [6.07, 6.45) is 0. The minimum absolute atomic E-state index is 0.311. The van der Waals surface area contributed by atoms with Crippen LogP contribution in [0.2, 0.25) is 0 Å². The lowest BCUT2D eigenvalue weighted by Crippen LogP contribution is -2.27. The van der Waals surface area contributed by atoms with Gasteiger partial charge in [-0.25, -0.2) is 14.4 Å². The third kappa shape index (κ3) is 11.8. The van der Waals surface area contributed by atoms with Gasteiger partial charge in [0.1, 0.15) is 16.7 Å². The normalized spacial score (nSPS) is 13.1. The van der Waals surface area contributed by atoms with Gasteiger partial charge in [-0.3, -0.25) is 0 Å². The second kappa shape index (κ2) is 31.4. The van der Waals surface area contributed by atoms with Crippen LogP contribution in [0, 0.1) is 0 Å². The maximum absolute atomic E-state index is 13.2. The van der Waals surface area contributed by atoms with E-state index in [4.69, 9.17) is 13.3 Å². The van der Waals surface area contributed by atoms with E-state index in [0.29, 0.717) is 32.9 Å². The lowest BCUT2D eigenvalue weighted by molar-refractivity contribution is 0.569. The molecule has 0 unspecified atom stereocenters. The molecular formula is C137H79N3O6S. The molecule has 147 heavy (non-hydrogen) atoms. The number of benzene rings is 22. The standard InChI is InChI=1S/2C50H29NO2.C37H21NO2S/c52-49-40-29-30(24-26-32(40)37-16-5-10-23-47(37)53-49)31-25-27-45-39(28-31)36-15-4-9-21-44(36)51(45)46-22-11-17-38-35-14-3-8-20-43(35)50(48(38)46)41-18-6-1-12-33(41)34-13-2-7-19-42(34)50;52-49-41-28-30(21-24-33(41)39-15-5-10-20-48(39)53-49)31-22-26-47-40(27-31)38-14-4-9-19-46(38)51(47)32-23-25-37-36-13-3-8-18-44(36)50(45(37)29-32)42-16-6-1-11-34(42)35-12-2-7-17-43(35)50;39-37-31-20-22(13-16-25(31)27-8-2-5-11-34(27)40-37)23-14-17-33-29(19-23)26-7-1-4-10-32(26)38(33)24-15-18-36-30(21-24)28-9-3-6-12-35(28)41-36/h2*1-29H;1-21H. The Morgan fingerprint density at radius 2 is 0.469 bits per heavy atom. The van der Waals surface area contributed by atoms with Gasteiger partial charge in [0.05, 0.1) is 65.8 Å². The maximum atomic E-state index is 13.2. The van der Waals surface area contributed by atoms with Crippen molar-refractivity contribution in [3.8, 4) is 95.0 Å². The Kier molecular flexibility index (Phi) is 17.7. The quantitative estimate of drug-likeness (QED) is 0.121. The summed E-state index contributed by atoms with van der Waals surface area (Å²) in [4.78, 5) is 39.2. The van der Waals surface area contributed by atoms with Gasteiger partial charge in [0, 0.05) is 85.6 Å². The minimum atomic E-state index is -0.469. The number of fused-ring (bicyclic) bond motifs is 41. The first-order valence-corrected chi connectivity index (χ1v) is 50.7. The van der Waals surface area contributed by atoms with E-state index in [-0.39, 0.29) is 16.9 Å². The topological polar surface area (TPSA) is 105 Å². The molecule has 684 valence electrons. The molecule has 0 aliphatic heterocycles. The predicted molar refractivity (Wildman–Crippen MR) is 605 cm³/mol. The molecule has 22 aromatic carbocycles. The second-order valence-electron chi connectivity index (χ2n) is 39.2. The van der Waals surface area contributed by atoms with Crippen molar-refractivity contribution in [2.45, 2.75) is 10.8 Å². The molecule has 33 rings (SSSR count). The molecule has 0 radical (unpaired) electrons. The molecule has 7 heterocycles. The molecule has 0 saturated heterocycles. The van der Waals surface area contributed by atoms with Crippen LogP contribution in [-0.2, 0) is 10.8 Å². The van der Waals surface area contributed by atoms with Gasteiger partial charge in [-0.05, 0) is 266 Å². The van der Waals surface area contributed by atoms with E-state index < -0.39 is 10.8 Å². The number of nitrogens with zero attached hydrogens (tertiary/aromatic N) is 3. The van der Waals surface area contributed by atoms with Crippen LogP contribution in [-0.4, -0.2) is 13.7 Å². The van der Waals surface area contributed by atoms with Gasteiger partial charge in [0.2, 0.25) is 0 Å². The van der Waals surface area contributed by atoms with Gasteiger partial charge in [-0.1, -0.05) is 346 Å². The lowest BCUT2D eigenvalue weighted by Gasteiger charge is -2.32. The van der Waals surface area contributed by atoms with Gasteiger partial charge in [0.15, 0.2) is 0 Å². The SMILES string of the molecule is O=c1oc2ccccc2c2ccc(-c3ccc4c(c3)c3ccccc3n4-c3ccc4c(c3)C3(c5ccccc5-c5ccccc53)c3ccccc3-4)cc12.O=c1oc2ccccc2c2ccc(-c3ccc4c(c3)c3ccccc3n4-c3ccc4sc5ccccc5c4c3)cc12.O=c1oc2ccccc2c2ccc(-c3ccc4c(c3)c3ccccc3n4-c3cccc4c3C3(c5ccccc5-c5ccccc53)c3ccccc3-4)cc12. The summed E-state index contributed by atoms with van der Waals surface area (Å²) in [7, 11) is 0. The molecule has 2 spiro atoms. The molecular weight excluding hydrogens is 1820 g/mol. The van der Waals surface area contributed by atoms with Crippen molar-refractivity contribution >= 4 is 162 Å². The zero-order chi connectivity index (χ0) is 96.8. The average Bonchev–Trinajstić information content (AvgIpc) is 1.50. The van der Waals surface area contributed by atoms with E-state index in [9.17, 15) is 14.4 Å². The van der Waals surface area contributed by atoms with Crippen molar-refractivity contribution in [1.82, 2.24) is 13.7 Å². The van der Waals surface area contributed by atoms with Crippen LogP contribution >= 0.6 is 11.3 Å². The molecule has 0 N–H and O–H groups in total. The Hall–Kier alpha value is -19.1. The predicted octanol–water partition coefficient (Wildman–Crippen LogP) is 34.2. The molecule has 29 aromatic rings. The van der Waals surface area contributed by atoms with Gasteiger partial charge >= 0.3 is 16.9 Å². The van der Waals surface area contributed by atoms with Crippen molar-refractivity contribution in [2.24, 2.45) is 0 Å². The van der Waals surface area contributed by atoms with Crippen LogP contribution in [0.4, 0.5) is 0 Å². The van der Waals surface area contributed by atoms with Crippen LogP contribution in [0.25, 0.3) is 246 Å². The fourth-order valence-corrected chi connectivity index (χ4v) is 26.9. The molecule has 0 saturated carbocycles. The molecule has 0 bridgehead atoms. The van der Waals surface area contributed by atoms with E-state index in [1.165, 1.54) is 147 Å². The van der Waals surface area contributed by atoms with Crippen molar-refractivity contribution in [3.63, 3.8) is 0 Å². The van der Waals surface area contributed by atoms with Crippen molar-refractivity contribution in [2.75, 3.05) is 0 Å². The van der Waals surface area contributed by atoms with Gasteiger partial charge in [0.25, 0.3) is 0 Å². The van der Waals surface area contributed by atoms with Gasteiger partial charge < -0.3 is 27.0 Å². The van der Waals surface area contributed by atoms with Crippen molar-refractivity contribution in [3.05, 3.63) is 555 Å². The van der Waals surface area contributed by atoms with Crippen LogP contribution in [0.5, 0.6) is 0 Å². The summed E-state index contributed by atoms with van der Waals surface area (Å²) in [5.41, 5.74) is 37.5. The first-order valence-electron chi connectivity index (χ1n) is 49.9. The van der Waals surface area contributed by atoms with Crippen LogP contribution < -0.4 is 16.9 Å². The first-order chi connectivity index (χ1) is 72.6. The lowest BCUT2D eigenvalue weighted by atomic mass is 9.70.